The predicted molar refractivity (Wildman–Crippen MR) is 32.0 cm³/mol. The number of carbonyl (C=O) groups excluding carboxylic acids is 2. The second-order valence-electron chi connectivity index (χ2n) is 2.03. The van der Waals surface area contributed by atoms with Gasteiger partial charge in [0.05, 0.1) is 0 Å². The number of rotatable bonds is 3. The molecule has 9 heavy (non-hydrogen) atoms. The minimum absolute atomic E-state index is 0.0602. The molecule has 1 atom stereocenters. The normalized spacial score (nSPS) is 12.8. The van der Waals surface area contributed by atoms with Crippen molar-refractivity contribution >= 4 is 11.6 Å². The first kappa shape index (κ1) is 8.30. The van der Waals surface area contributed by atoms with Crippen molar-refractivity contribution in [3.05, 3.63) is 0 Å². The van der Waals surface area contributed by atoms with Crippen molar-refractivity contribution in [3.63, 3.8) is 0 Å². The van der Waals surface area contributed by atoms with E-state index in [-0.39, 0.29) is 18.0 Å². The summed E-state index contributed by atoms with van der Waals surface area (Å²) in [5.41, 5.74) is 0. The van der Waals surface area contributed by atoms with Crippen LogP contribution in [0.1, 0.15) is 20.3 Å². The van der Waals surface area contributed by atoms with Gasteiger partial charge in [0.1, 0.15) is 11.9 Å². The van der Waals surface area contributed by atoms with Crippen LogP contribution in [0.25, 0.3) is 0 Å². The van der Waals surface area contributed by atoms with Crippen LogP contribution >= 0.6 is 0 Å². The Morgan fingerprint density at radius 3 is 2.00 bits per heavy atom. The quantitative estimate of drug-likeness (QED) is 0.581. The summed E-state index contributed by atoms with van der Waals surface area (Å²) in [4.78, 5) is 20.5. The van der Waals surface area contributed by atoms with E-state index in [1.165, 1.54) is 13.8 Å². The third-order valence-corrected chi connectivity index (χ3v) is 0.950. The summed E-state index contributed by atoms with van der Waals surface area (Å²) in [6, 6.07) is 0. The topological polar surface area (TPSA) is 54.4 Å². The van der Waals surface area contributed by atoms with Crippen molar-refractivity contribution in [1.82, 2.24) is 0 Å². The monoisotopic (exact) mass is 130 g/mol. The van der Waals surface area contributed by atoms with Crippen molar-refractivity contribution in [2.24, 2.45) is 0 Å². The maximum atomic E-state index is 10.3. The fourth-order valence-corrected chi connectivity index (χ4v) is 0.416. The Balaban J connectivity index is 3.63. The maximum absolute atomic E-state index is 10.3. The molecule has 0 heterocycles. The predicted octanol–water partition coefficient (Wildman–Crippen LogP) is -0.0846. The molecule has 0 aliphatic carbocycles. The fourth-order valence-electron chi connectivity index (χ4n) is 0.416. The van der Waals surface area contributed by atoms with Gasteiger partial charge in [-0.2, -0.15) is 0 Å². The molecular formula is C6H10O3. The van der Waals surface area contributed by atoms with E-state index >= 15 is 0 Å². The van der Waals surface area contributed by atoms with Gasteiger partial charge in [0, 0.05) is 6.42 Å². The molecule has 0 saturated carbocycles. The molecule has 0 fully saturated rings. The van der Waals surface area contributed by atoms with Gasteiger partial charge >= 0.3 is 0 Å². The fraction of sp³-hybridized carbons (Fsp3) is 0.667. The first-order valence-electron chi connectivity index (χ1n) is 2.72. The highest BCUT2D eigenvalue weighted by atomic mass is 16.3. The summed E-state index contributed by atoms with van der Waals surface area (Å²) in [7, 11) is 0. The molecule has 0 aromatic carbocycles. The van der Waals surface area contributed by atoms with Crippen molar-refractivity contribution < 1.29 is 14.7 Å². The highest BCUT2D eigenvalue weighted by Gasteiger charge is 2.10. The van der Waals surface area contributed by atoms with E-state index in [0.29, 0.717) is 0 Å². The Labute approximate surface area is 53.7 Å². The molecule has 3 heteroatoms. The molecule has 0 saturated heterocycles. The lowest BCUT2D eigenvalue weighted by molar-refractivity contribution is -0.129. The zero-order chi connectivity index (χ0) is 7.44. The van der Waals surface area contributed by atoms with Crippen molar-refractivity contribution in [2.45, 2.75) is 26.4 Å². The van der Waals surface area contributed by atoms with Crippen molar-refractivity contribution in [2.75, 3.05) is 0 Å². The van der Waals surface area contributed by atoms with E-state index in [4.69, 9.17) is 5.11 Å². The smallest absolute Gasteiger partial charge is 0.158 e. The Hall–Kier alpha value is -0.700. The van der Waals surface area contributed by atoms with Crippen LogP contribution in [-0.4, -0.2) is 22.8 Å². The number of Topliss-reactive ketones (excluding diaryl/α,β-unsaturated/α-hetero) is 2. The SMILES string of the molecule is CC(=O)C[C@H](O)C(C)=O. The summed E-state index contributed by atoms with van der Waals surface area (Å²) in [5, 5.41) is 8.73. The van der Waals surface area contributed by atoms with Crippen LogP contribution in [-0.2, 0) is 9.59 Å². The van der Waals surface area contributed by atoms with Crippen LogP contribution in [0, 0.1) is 0 Å². The maximum Gasteiger partial charge on any atom is 0.158 e. The lowest BCUT2D eigenvalue weighted by Crippen LogP contribution is -2.19. The average molecular weight is 130 g/mol. The summed E-state index contributed by atoms with van der Waals surface area (Å²) in [6.07, 6.45) is -1.16. The van der Waals surface area contributed by atoms with Crippen molar-refractivity contribution in [3.8, 4) is 0 Å². The number of carbonyl (C=O) groups is 2. The van der Waals surface area contributed by atoms with Crippen LogP contribution in [0.3, 0.4) is 0 Å². The average Bonchev–Trinajstić information content (AvgIpc) is 1.63. The first-order valence-corrected chi connectivity index (χ1v) is 2.72. The number of ketones is 2. The Morgan fingerprint density at radius 1 is 1.44 bits per heavy atom. The molecule has 0 aliphatic rings. The summed E-state index contributed by atoms with van der Waals surface area (Å²) < 4.78 is 0. The van der Waals surface area contributed by atoms with Crippen LogP contribution in [0.15, 0.2) is 0 Å². The van der Waals surface area contributed by atoms with E-state index in [1.807, 2.05) is 0 Å². The Kier molecular flexibility index (Phi) is 3.09. The highest BCUT2D eigenvalue weighted by Crippen LogP contribution is 1.92. The molecule has 0 radical (unpaired) electrons. The van der Waals surface area contributed by atoms with Gasteiger partial charge < -0.3 is 5.11 Å². The van der Waals surface area contributed by atoms with Gasteiger partial charge in [-0.3, -0.25) is 9.59 Å². The molecule has 3 nitrogen and oxygen atoms in total. The van der Waals surface area contributed by atoms with Gasteiger partial charge in [-0.1, -0.05) is 0 Å². The van der Waals surface area contributed by atoms with Crippen LogP contribution in [0.5, 0.6) is 0 Å². The molecule has 0 amide bonds. The Morgan fingerprint density at radius 2 is 1.89 bits per heavy atom. The second kappa shape index (κ2) is 3.35. The molecule has 0 spiro atoms. The van der Waals surface area contributed by atoms with Gasteiger partial charge in [-0.05, 0) is 13.8 Å². The van der Waals surface area contributed by atoms with Crippen LogP contribution < -0.4 is 0 Å². The minimum atomic E-state index is -1.09. The van der Waals surface area contributed by atoms with Crippen molar-refractivity contribution in [1.29, 1.82) is 0 Å². The first-order chi connectivity index (χ1) is 4.04. The van der Waals surface area contributed by atoms with E-state index < -0.39 is 6.10 Å². The summed E-state index contributed by atoms with van der Waals surface area (Å²) in [5.74, 6) is -0.525. The number of aliphatic hydroxyl groups excluding tert-OH is 1. The van der Waals surface area contributed by atoms with E-state index in [2.05, 4.69) is 0 Å². The van der Waals surface area contributed by atoms with E-state index in [1.54, 1.807) is 0 Å². The van der Waals surface area contributed by atoms with E-state index in [9.17, 15) is 9.59 Å². The molecule has 0 bridgehead atoms. The van der Waals surface area contributed by atoms with Gasteiger partial charge in [0.2, 0.25) is 0 Å². The number of hydrogen-bond acceptors (Lipinski definition) is 3. The molecule has 0 aromatic rings. The molecule has 0 aromatic heterocycles. The molecule has 0 aliphatic heterocycles. The van der Waals surface area contributed by atoms with Gasteiger partial charge in [-0.25, -0.2) is 0 Å². The Bertz CT molecular complexity index is 128. The lowest BCUT2D eigenvalue weighted by Gasteiger charge is -2.00. The zero-order valence-corrected chi connectivity index (χ0v) is 5.55. The zero-order valence-electron chi connectivity index (χ0n) is 5.55. The molecule has 1 N–H and O–H groups in total. The highest BCUT2D eigenvalue weighted by molar-refractivity contribution is 5.86. The van der Waals surface area contributed by atoms with E-state index in [0.717, 1.165) is 0 Å². The van der Waals surface area contributed by atoms with Crippen LogP contribution in [0.4, 0.5) is 0 Å². The molecular weight excluding hydrogens is 120 g/mol. The largest absolute Gasteiger partial charge is 0.385 e. The number of hydrogen-bond donors (Lipinski definition) is 1. The minimum Gasteiger partial charge on any atom is -0.385 e. The lowest BCUT2D eigenvalue weighted by atomic mass is 10.1. The van der Waals surface area contributed by atoms with Gasteiger partial charge in [0.25, 0.3) is 0 Å². The second-order valence-corrected chi connectivity index (χ2v) is 2.03. The standard InChI is InChI=1S/C6H10O3/c1-4(7)3-6(9)5(2)8/h6,9H,3H2,1-2H3/t6-/m0/s1. The van der Waals surface area contributed by atoms with Gasteiger partial charge in [0.15, 0.2) is 5.78 Å². The van der Waals surface area contributed by atoms with Crippen LogP contribution in [0.2, 0.25) is 0 Å². The third kappa shape index (κ3) is 3.85. The molecule has 0 unspecified atom stereocenters. The summed E-state index contributed by atoms with van der Waals surface area (Å²) >= 11 is 0. The molecule has 52 valence electrons. The van der Waals surface area contributed by atoms with Gasteiger partial charge in [-0.15, -0.1) is 0 Å². The third-order valence-electron chi connectivity index (χ3n) is 0.950. The molecule has 0 rings (SSSR count). The summed E-state index contributed by atoms with van der Waals surface area (Å²) in [6.45, 7) is 2.60. The number of aliphatic hydroxyl groups is 1.